The van der Waals surface area contributed by atoms with Crippen molar-refractivity contribution in [2.75, 3.05) is 6.54 Å². The third-order valence-corrected chi connectivity index (χ3v) is 2.74. The lowest BCUT2D eigenvalue weighted by molar-refractivity contribution is 0.190. The third kappa shape index (κ3) is 4.88. The molecule has 1 aromatic heterocycles. The summed E-state index contributed by atoms with van der Waals surface area (Å²) in [7, 11) is 0. The Morgan fingerprint density at radius 3 is 2.79 bits per heavy atom. The van der Waals surface area contributed by atoms with E-state index in [2.05, 4.69) is 5.32 Å². The third-order valence-electron chi connectivity index (χ3n) is 2.51. The molecule has 2 N–H and O–H groups in total. The summed E-state index contributed by atoms with van der Waals surface area (Å²) in [5, 5.41) is 12.9. The van der Waals surface area contributed by atoms with Crippen molar-refractivity contribution in [3.05, 3.63) is 47.2 Å². The molecular weight excluding hydrogens is 285 g/mol. The van der Waals surface area contributed by atoms with Crippen molar-refractivity contribution in [1.82, 2.24) is 5.32 Å². The highest BCUT2D eigenvalue weighted by molar-refractivity contribution is 6.30. The van der Waals surface area contributed by atoms with E-state index >= 15 is 0 Å². The number of rotatable bonds is 5. The van der Waals surface area contributed by atoms with Gasteiger partial charge in [-0.05, 0) is 31.2 Å². The van der Waals surface area contributed by atoms with Gasteiger partial charge in [0.05, 0.1) is 12.6 Å². The first-order valence-corrected chi connectivity index (χ1v) is 6.26. The number of furan rings is 1. The minimum Gasteiger partial charge on any atom is -0.460 e. The van der Waals surface area contributed by atoms with Crippen LogP contribution in [0, 0.1) is 0 Å². The molecule has 3 nitrogen and oxygen atoms in total. The van der Waals surface area contributed by atoms with Gasteiger partial charge in [0.15, 0.2) is 0 Å². The van der Waals surface area contributed by atoms with E-state index in [-0.39, 0.29) is 18.5 Å². The Morgan fingerprint density at radius 2 is 2.11 bits per heavy atom. The topological polar surface area (TPSA) is 45.4 Å². The molecule has 2 aromatic rings. The Bertz CT molecular complexity index is 512. The van der Waals surface area contributed by atoms with E-state index in [1.54, 1.807) is 6.92 Å². The lowest BCUT2D eigenvalue weighted by Gasteiger charge is -2.04. The van der Waals surface area contributed by atoms with Crippen LogP contribution in [0.2, 0.25) is 5.02 Å². The van der Waals surface area contributed by atoms with Gasteiger partial charge in [0.1, 0.15) is 11.5 Å². The van der Waals surface area contributed by atoms with Crippen LogP contribution in [0.3, 0.4) is 0 Å². The molecule has 1 heterocycles. The van der Waals surface area contributed by atoms with Gasteiger partial charge < -0.3 is 14.8 Å². The fourth-order valence-electron chi connectivity index (χ4n) is 1.67. The van der Waals surface area contributed by atoms with Crippen molar-refractivity contribution in [1.29, 1.82) is 0 Å². The molecule has 1 atom stereocenters. The summed E-state index contributed by atoms with van der Waals surface area (Å²) in [5.41, 5.74) is 0.962. The summed E-state index contributed by atoms with van der Waals surface area (Å²) in [6, 6.07) is 11.4. The highest BCUT2D eigenvalue weighted by atomic mass is 35.5. The monoisotopic (exact) mass is 301 g/mol. The first-order chi connectivity index (χ1) is 8.65. The molecule has 0 fully saturated rings. The van der Waals surface area contributed by atoms with Crippen molar-refractivity contribution >= 4 is 24.0 Å². The second-order valence-electron chi connectivity index (χ2n) is 4.26. The molecule has 0 bridgehead atoms. The summed E-state index contributed by atoms with van der Waals surface area (Å²) in [5.74, 6) is 1.64. The van der Waals surface area contributed by atoms with Crippen LogP contribution in [-0.4, -0.2) is 17.8 Å². The second-order valence-corrected chi connectivity index (χ2v) is 4.69. The Labute approximate surface area is 124 Å². The van der Waals surface area contributed by atoms with Gasteiger partial charge in [-0.2, -0.15) is 0 Å². The number of nitrogens with one attached hydrogen (secondary N) is 1. The van der Waals surface area contributed by atoms with Gasteiger partial charge in [0.2, 0.25) is 0 Å². The fourth-order valence-corrected chi connectivity index (χ4v) is 1.86. The Morgan fingerprint density at radius 1 is 1.32 bits per heavy atom. The largest absolute Gasteiger partial charge is 0.460 e. The molecule has 0 aliphatic rings. The Hall–Kier alpha value is -1.000. The highest BCUT2D eigenvalue weighted by Gasteiger charge is 2.05. The smallest absolute Gasteiger partial charge is 0.134 e. The molecule has 0 amide bonds. The van der Waals surface area contributed by atoms with Gasteiger partial charge in [-0.15, -0.1) is 12.4 Å². The van der Waals surface area contributed by atoms with E-state index in [0.717, 1.165) is 17.1 Å². The van der Waals surface area contributed by atoms with E-state index in [9.17, 15) is 0 Å². The zero-order valence-corrected chi connectivity index (χ0v) is 12.2. The summed E-state index contributed by atoms with van der Waals surface area (Å²) >= 11 is 5.94. The van der Waals surface area contributed by atoms with Gasteiger partial charge in [0, 0.05) is 17.1 Å². The predicted octanol–water partition coefficient (Wildman–Crippen LogP) is 3.49. The molecule has 0 aliphatic carbocycles. The standard InChI is InChI=1S/C14H16ClNO2.ClH/c1-10(17)8-16-9-13-5-6-14(18-13)11-3-2-4-12(15)7-11;/h2-7,10,16-17H,8-9H2,1H3;1H. The van der Waals surface area contributed by atoms with Gasteiger partial charge in [-0.3, -0.25) is 0 Å². The minimum absolute atomic E-state index is 0. The van der Waals surface area contributed by atoms with E-state index in [4.69, 9.17) is 21.1 Å². The average Bonchev–Trinajstić information content (AvgIpc) is 2.77. The van der Waals surface area contributed by atoms with Gasteiger partial charge in [-0.1, -0.05) is 23.7 Å². The molecular formula is C14H17Cl2NO2. The molecule has 0 aliphatic heterocycles. The number of halogens is 2. The van der Waals surface area contributed by atoms with E-state index in [0.29, 0.717) is 18.1 Å². The number of hydrogen-bond donors (Lipinski definition) is 2. The van der Waals surface area contributed by atoms with E-state index < -0.39 is 0 Å². The van der Waals surface area contributed by atoms with Crippen LogP contribution in [0.5, 0.6) is 0 Å². The summed E-state index contributed by atoms with van der Waals surface area (Å²) < 4.78 is 5.70. The molecule has 104 valence electrons. The molecule has 0 saturated heterocycles. The summed E-state index contributed by atoms with van der Waals surface area (Å²) in [4.78, 5) is 0. The van der Waals surface area contributed by atoms with Crippen LogP contribution >= 0.6 is 24.0 Å². The summed E-state index contributed by atoms with van der Waals surface area (Å²) in [6.07, 6.45) is -0.354. The maximum absolute atomic E-state index is 9.14. The Balaban J connectivity index is 0.00000180. The van der Waals surface area contributed by atoms with Crippen LogP contribution in [0.15, 0.2) is 40.8 Å². The minimum atomic E-state index is -0.354. The fraction of sp³-hybridized carbons (Fsp3) is 0.286. The molecule has 1 unspecified atom stereocenters. The van der Waals surface area contributed by atoms with Crippen LogP contribution in [0.4, 0.5) is 0 Å². The van der Waals surface area contributed by atoms with Crippen molar-refractivity contribution < 1.29 is 9.52 Å². The molecule has 1 aromatic carbocycles. The molecule has 0 radical (unpaired) electrons. The van der Waals surface area contributed by atoms with Crippen LogP contribution in [0.1, 0.15) is 12.7 Å². The van der Waals surface area contributed by atoms with E-state index in [1.165, 1.54) is 0 Å². The number of aliphatic hydroxyl groups is 1. The molecule has 2 rings (SSSR count). The van der Waals surface area contributed by atoms with Crippen LogP contribution in [0.25, 0.3) is 11.3 Å². The number of benzene rings is 1. The number of hydrogen-bond acceptors (Lipinski definition) is 3. The highest BCUT2D eigenvalue weighted by Crippen LogP contribution is 2.24. The number of aliphatic hydroxyl groups excluding tert-OH is 1. The SMILES string of the molecule is CC(O)CNCc1ccc(-c2cccc(Cl)c2)o1.Cl. The Kier molecular flexibility index (Phi) is 6.38. The van der Waals surface area contributed by atoms with Gasteiger partial charge in [-0.25, -0.2) is 0 Å². The molecule has 5 heteroatoms. The van der Waals surface area contributed by atoms with Crippen LogP contribution in [-0.2, 0) is 6.54 Å². The quantitative estimate of drug-likeness (QED) is 0.888. The molecule has 0 spiro atoms. The predicted molar refractivity (Wildman–Crippen MR) is 79.8 cm³/mol. The van der Waals surface area contributed by atoms with Crippen molar-refractivity contribution in [2.45, 2.75) is 19.6 Å². The normalized spacial score (nSPS) is 11.9. The van der Waals surface area contributed by atoms with Crippen molar-refractivity contribution in [3.63, 3.8) is 0 Å². The lowest BCUT2D eigenvalue weighted by atomic mass is 10.2. The van der Waals surface area contributed by atoms with Crippen molar-refractivity contribution in [3.8, 4) is 11.3 Å². The maximum atomic E-state index is 9.14. The first-order valence-electron chi connectivity index (χ1n) is 5.88. The van der Waals surface area contributed by atoms with E-state index in [1.807, 2.05) is 36.4 Å². The maximum Gasteiger partial charge on any atom is 0.134 e. The zero-order chi connectivity index (χ0) is 13.0. The summed E-state index contributed by atoms with van der Waals surface area (Å²) in [6.45, 7) is 2.89. The van der Waals surface area contributed by atoms with Gasteiger partial charge >= 0.3 is 0 Å². The average molecular weight is 302 g/mol. The molecule has 19 heavy (non-hydrogen) atoms. The second kappa shape index (κ2) is 7.56. The lowest BCUT2D eigenvalue weighted by Crippen LogP contribution is -2.23. The van der Waals surface area contributed by atoms with Crippen molar-refractivity contribution in [2.24, 2.45) is 0 Å². The molecule has 0 saturated carbocycles. The van der Waals surface area contributed by atoms with Crippen LogP contribution < -0.4 is 5.32 Å². The zero-order valence-electron chi connectivity index (χ0n) is 10.6. The van der Waals surface area contributed by atoms with Gasteiger partial charge in [0.25, 0.3) is 0 Å². The first kappa shape index (κ1) is 16.1.